The lowest BCUT2D eigenvalue weighted by Crippen LogP contribution is -2.46. The van der Waals surface area contributed by atoms with Crippen LogP contribution in [0.2, 0.25) is 0 Å². The molecule has 3 nitrogen and oxygen atoms in total. The number of hydrogen-bond donors (Lipinski definition) is 1. The largest absolute Gasteiger partial charge is 0.315 e. The fourth-order valence-corrected chi connectivity index (χ4v) is 5.31. The Morgan fingerprint density at radius 3 is 2.47 bits per heavy atom. The van der Waals surface area contributed by atoms with Gasteiger partial charge in [-0.2, -0.15) is 0 Å². The molecule has 1 N–H and O–H groups in total. The first-order valence-corrected chi connectivity index (χ1v) is 8.45. The van der Waals surface area contributed by atoms with Gasteiger partial charge in [0.1, 0.15) is 0 Å². The van der Waals surface area contributed by atoms with Crippen molar-refractivity contribution < 1.29 is 8.42 Å². The Morgan fingerprint density at radius 2 is 1.94 bits per heavy atom. The molecule has 0 radical (unpaired) electrons. The number of sulfone groups is 1. The minimum atomic E-state index is -2.93. The summed E-state index contributed by atoms with van der Waals surface area (Å²) in [5.41, 5.74) is 0.0945. The van der Waals surface area contributed by atoms with Crippen molar-refractivity contribution in [3.63, 3.8) is 0 Å². The lowest BCUT2D eigenvalue weighted by molar-refractivity contribution is 0.297. The van der Waals surface area contributed by atoms with Crippen LogP contribution in [-0.4, -0.2) is 32.5 Å². The minimum absolute atomic E-state index is 0.0945. The lowest BCUT2D eigenvalue weighted by Gasteiger charge is -2.30. The molecule has 0 amide bonds. The van der Waals surface area contributed by atoms with E-state index in [1.54, 1.807) is 0 Å². The first-order valence-electron chi connectivity index (χ1n) is 6.74. The van der Waals surface area contributed by atoms with Gasteiger partial charge in [0.05, 0.1) is 11.0 Å². The minimum Gasteiger partial charge on any atom is -0.315 e. The van der Waals surface area contributed by atoms with E-state index in [0.717, 1.165) is 32.1 Å². The molecule has 0 aliphatic heterocycles. The summed E-state index contributed by atoms with van der Waals surface area (Å²) in [6, 6.07) is 0.106. The third kappa shape index (κ3) is 3.44. The van der Waals surface area contributed by atoms with Crippen molar-refractivity contribution in [2.45, 2.75) is 64.2 Å². The fourth-order valence-electron chi connectivity index (χ4n) is 3.01. The van der Waals surface area contributed by atoms with Crippen LogP contribution >= 0.6 is 0 Å². The molecule has 1 aliphatic rings. The Morgan fingerprint density at radius 1 is 1.29 bits per heavy atom. The molecule has 0 aromatic carbocycles. The zero-order valence-electron chi connectivity index (χ0n) is 11.6. The summed E-state index contributed by atoms with van der Waals surface area (Å²) in [6.45, 7) is 6.42. The van der Waals surface area contributed by atoms with Gasteiger partial charge in [-0.15, -0.1) is 0 Å². The summed E-state index contributed by atoms with van der Waals surface area (Å²) < 4.78 is 24.6. The average molecular weight is 261 g/mol. The number of nitrogens with one attached hydrogen (secondary N) is 1. The zero-order valence-corrected chi connectivity index (χ0v) is 12.4. The summed E-state index contributed by atoms with van der Waals surface area (Å²) in [5, 5.41) is 3.04. The molecule has 0 bridgehead atoms. The maximum absolute atomic E-state index is 12.3. The van der Waals surface area contributed by atoms with Gasteiger partial charge < -0.3 is 5.32 Å². The molecule has 0 aromatic heterocycles. The topological polar surface area (TPSA) is 46.2 Å². The summed E-state index contributed by atoms with van der Waals surface area (Å²) in [7, 11) is -1.05. The van der Waals surface area contributed by atoms with Crippen LogP contribution < -0.4 is 5.32 Å². The van der Waals surface area contributed by atoms with Crippen LogP contribution in [0.5, 0.6) is 0 Å². The molecule has 0 heterocycles. The fraction of sp³-hybridized carbons (Fsp3) is 1.00. The molecule has 4 heteroatoms. The van der Waals surface area contributed by atoms with Gasteiger partial charge in [-0.05, 0) is 31.7 Å². The molecule has 2 unspecified atom stereocenters. The lowest BCUT2D eigenvalue weighted by atomic mass is 9.87. The summed E-state index contributed by atoms with van der Waals surface area (Å²) in [4.78, 5) is 0. The number of rotatable bonds is 6. The van der Waals surface area contributed by atoms with Crippen molar-refractivity contribution in [3.8, 4) is 0 Å². The molecule has 1 rings (SSSR count). The van der Waals surface area contributed by atoms with E-state index in [1.165, 1.54) is 0 Å². The Balaban J connectivity index is 2.72. The standard InChI is InChI=1S/C13H27NO2S/c1-5-6-7-10-17(15,16)11-8-9-13(2,3)12(11)14-4/h11-12,14H,5-10H2,1-4H3. The Hall–Kier alpha value is -0.0900. The van der Waals surface area contributed by atoms with Gasteiger partial charge in [0.25, 0.3) is 0 Å². The molecule has 102 valence electrons. The van der Waals surface area contributed by atoms with Crippen LogP contribution in [0.25, 0.3) is 0 Å². The first-order chi connectivity index (χ1) is 7.85. The second-order valence-corrected chi connectivity index (χ2v) is 8.25. The van der Waals surface area contributed by atoms with Crippen LogP contribution in [0.3, 0.4) is 0 Å². The third-order valence-electron chi connectivity index (χ3n) is 4.09. The first kappa shape index (κ1) is 15.0. The highest BCUT2D eigenvalue weighted by atomic mass is 32.2. The van der Waals surface area contributed by atoms with Crippen molar-refractivity contribution in [2.75, 3.05) is 12.8 Å². The second kappa shape index (κ2) is 5.70. The third-order valence-corrected chi connectivity index (χ3v) is 6.38. The summed E-state index contributed by atoms with van der Waals surface area (Å²) in [5.74, 6) is 0.361. The second-order valence-electron chi connectivity index (χ2n) is 5.91. The monoisotopic (exact) mass is 261 g/mol. The highest BCUT2D eigenvalue weighted by Crippen LogP contribution is 2.40. The molecule has 0 spiro atoms. The summed E-state index contributed by atoms with van der Waals surface area (Å²) in [6.07, 6.45) is 4.70. The number of hydrogen-bond acceptors (Lipinski definition) is 3. The predicted octanol–water partition coefficient (Wildman–Crippen LogP) is 2.37. The molecular weight excluding hydrogens is 234 g/mol. The van der Waals surface area contributed by atoms with Crippen molar-refractivity contribution in [1.82, 2.24) is 5.32 Å². The van der Waals surface area contributed by atoms with Crippen molar-refractivity contribution >= 4 is 9.84 Å². The molecule has 1 fully saturated rings. The maximum atomic E-state index is 12.3. The van der Waals surface area contributed by atoms with Crippen molar-refractivity contribution in [2.24, 2.45) is 5.41 Å². The van der Waals surface area contributed by atoms with E-state index in [2.05, 4.69) is 26.1 Å². The average Bonchev–Trinajstić information content (AvgIpc) is 2.54. The van der Waals surface area contributed by atoms with E-state index in [4.69, 9.17) is 0 Å². The summed E-state index contributed by atoms with van der Waals surface area (Å²) >= 11 is 0. The quantitative estimate of drug-likeness (QED) is 0.747. The highest BCUT2D eigenvalue weighted by molar-refractivity contribution is 7.92. The molecular formula is C13H27NO2S. The van der Waals surface area contributed by atoms with Crippen LogP contribution in [-0.2, 0) is 9.84 Å². The molecule has 1 saturated carbocycles. The molecule has 1 aliphatic carbocycles. The predicted molar refractivity (Wildman–Crippen MR) is 73.0 cm³/mol. The van der Waals surface area contributed by atoms with E-state index in [1.807, 2.05) is 7.05 Å². The van der Waals surface area contributed by atoms with Gasteiger partial charge in [0, 0.05) is 6.04 Å². The van der Waals surface area contributed by atoms with E-state index < -0.39 is 9.84 Å². The van der Waals surface area contributed by atoms with Gasteiger partial charge >= 0.3 is 0 Å². The molecule has 0 aromatic rings. The van der Waals surface area contributed by atoms with Crippen molar-refractivity contribution in [1.29, 1.82) is 0 Å². The van der Waals surface area contributed by atoms with Gasteiger partial charge in [0.15, 0.2) is 9.84 Å². The highest BCUT2D eigenvalue weighted by Gasteiger charge is 2.46. The van der Waals surface area contributed by atoms with Crippen molar-refractivity contribution in [3.05, 3.63) is 0 Å². The molecule has 17 heavy (non-hydrogen) atoms. The Kier molecular flexibility index (Phi) is 5.02. The van der Waals surface area contributed by atoms with Crippen LogP contribution in [0.15, 0.2) is 0 Å². The maximum Gasteiger partial charge on any atom is 0.154 e. The Bertz CT molecular complexity index is 335. The van der Waals surface area contributed by atoms with E-state index in [-0.39, 0.29) is 16.7 Å². The normalized spacial score (nSPS) is 28.5. The van der Waals surface area contributed by atoms with Gasteiger partial charge in [-0.25, -0.2) is 8.42 Å². The number of unbranched alkanes of at least 4 members (excludes halogenated alkanes) is 2. The van der Waals surface area contributed by atoms with E-state index in [9.17, 15) is 8.42 Å². The smallest absolute Gasteiger partial charge is 0.154 e. The SMILES string of the molecule is CCCCCS(=O)(=O)C1CCC(C)(C)C1NC. The van der Waals surface area contributed by atoms with Crippen LogP contribution in [0.1, 0.15) is 52.9 Å². The zero-order chi connectivity index (χ0) is 13.1. The van der Waals surface area contributed by atoms with Gasteiger partial charge in [-0.3, -0.25) is 0 Å². The molecule has 0 saturated heterocycles. The molecule has 2 atom stereocenters. The van der Waals surface area contributed by atoms with E-state index in [0.29, 0.717) is 5.75 Å². The Labute approximate surface area is 106 Å². The van der Waals surface area contributed by atoms with Gasteiger partial charge in [-0.1, -0.05) is 33.6 Å². The van der Waals surface area contributed by atoms with Crippen LogP contribution in [0.4, 0.5) is 0 Å². The van der Waals surface area contributed by atoms with Gasteiger partial charge in [0.2, 0.25) is 0 Å². The van der Waals surface area contributed by atoms with Crippen LogP contribution in [0, 0.1) is 5.41 Å². The van der Waals surface area contributed by atoms with E-state index >= 15 is 0 Å².